The Bertz CT molecular complexity index is 1500. The summed E-state index contributed by atoms with van der Waals surface area (Å²) in [7, 11) is -4.01. The highest BCUT2D eigenvalue weighted by molar-refractivity contribution is 7.91. The van der Waals surface area contributed by atoms with Crippen LogP contribution in [-0.2, 0) is 16.4 Å². The molecule has 0 saturated heterocycles. The zero-order valence-corrected chi connectivity index (χ0v) is 16.5. The molecule has 0 aliphatic carbocycles. The lowest BCUT2D eigenvalue weighted by Crippen LogP contribution is -2.29. The van der Waals surface area contributed by atoms with Crippen molar-refractivity contribution in [3.8, 4) is 0 Å². The van der Waals surface area contributed by atoms with E-state index < -0.39 is 15.4 Å². The lowest BCUT2D eigenvalue weighted by atomic mass is 10.2. The third-order valence-electron chi connectivity index (χ3n) is 4.72. The van der Waals surface area contributed by atoms with Gasteiger partial charge in [0.25, 0.3) is 5.56 Å². The van der Waals surface area contributed by atoms with Gasteiger partial charge in [0.05, 0.1) is 10.3 Å². The van der Waals surface area contributed by atoms with Gasteiger partial charge in [-0.3, -0.25) is 14.6 Å². The van der Waals surface area contributed by atoms with Crippen molar-refractivity contribution in [2.45, 2.75) is 23.3 Å². The van der Waals surface area contributed by atoms with Crippen molar-refractivity contribution in [3.63, 3.8) is 0 Å². The third kappa shape index (κ3) is 2.98. The first-order valence-electron chi connectivity index (χ1n) is 8.87. The number of sulfone groups is 1. The SMILES string of the molecule is C=CCn1c(=N)c(S(=O)(=O)c2ccc(C)cc2)cc2c(=O)n3ccccc3nc21. The third-order valence-corrected chi connectivity index (χ3v) is 6.50. The average molecular weight is 406 g/mol. The maximum absolute atomic E-state index is 13.3. The lowest BCUT2D eigenvalue weighted by Gasteiger charge is -2.14. The number of fused-ring (bicyclic) bond motifs is 2. The molecule has 0 unspecified atom stereocenters. The van der Waals surface area contributed by atoms with Crippen molar-refractivity contribution in [1.82, 2.24) is 14.0 Å². The quantitative estimate of drug-likeness (QED) is 0.416. The Balaban J connectivity index is 2.14. The number of rotatable bonds is 4. The molecule has 29 heavy (non-hydrogen) atoms. The van der Waals surface area contributed by atoms with Crippen molar-refractivity contribution in [1.29, 1.82) is 5.41 Å². The largest absolute Gasteiger partial charge is 0.306 e. The van der Waals surface area contributed by atoms with E-state index in [0.717, 1.165) is 5.56 Å². The van der Waals surface area contributed by atoms with Crippen LogP contribution in [0.15, 0.2) is 82.0 Å². The molecule has 0 amide bonds. The number of pyridine rings is 2. The van der Waals surface area contributed by atoms with Crippen molar-refractivity contribution in [2.24, 2.45) is 0 Å². The van der Waals surface area contributed by atoms with E-state index in [-0.39, 0.29) is 32.9 Å². The van der Waals surface area contributed by atoms with E-state index in [1.165, 1.54) is 33.2 Å². The Morgan fingerprint density at radius 2 is 1.90 bits per heavy atom. The number of nitrogens with zero attached hydrogens (tertiary/aromatic N) is 3. The van der Waals surface area contributed by atoms with Gasteiger partial charge in [-0.2, -0.15) is 0 Å². The van der Waals surface area contributed by atoms with Gasteiger partial charge in [0, 0.05) is 12.7 Å². The molecule has 146 valence electrons. The number of aryl methyl sites for hydroxylation is 1. The molecule has 1 aromatic carbocycles. The van der Waals surface area contributed by atoms with Crippen LogP contribution in [0.4, 0.5) is 0 Å². The number of benzene rings is 1. The smallest absolute Gasteiger partial charge is 0.267 e. The van der Waals surface area contributed by atoms with Crippen LogP contribution in [-0.4, -0.2) is 22.4 Å². The molecule has 0 atom stereocenters. The molecule has 7 nitrogen and oxygen atoms in total. The minimum absolute atomic E-state index is 0.0648. The number of nitrogens with one attached hydrogen (secondary N) is 1. The minimum atomic E-state index is -4.01. The molecule has 0 radical (unpaired) electrons. The van der Waals surface area contributed by atoms with E-state index in [2.05, 4.69) is 11.6 Å². The van der Waals surface area contributed by atoms with Gasteiger partial charge in [0.15, 0.2) is 0 Å². The highest BCUT2D eigenvalue weighted by Gasteiger charge is 2.23. The van der Waals surface area contributed by atoms with Crippen LogP contribution >= 0.6 is 0 Å². The summed E-state index contributed by atoms with van der Waals surface area (Å²) in [6.45, 7) is 5.68. The van der Waals surface area contributed by atoms with Crippen molar-refractivity contribution >= 4 is 26.5 Å². The number of aromatic nitrogens is 3. The van der Waals surface area contributed by atoms with Gasteiger partial charge in [-0.25, -0.2) is 13.4 Å². The molecule has 0 spiro atoms. The molecule has 4 rings (SSSR count). The predicted octanol–water partition coefficient (Wildman–Crippen LogP) is 2.46. The molecule has 3 heterocycles. The molecule has 4 aromatic rings. The second-order valence-electron chi connectivity index (χ2n) is 6.66. The molecule has 0 saturated carbocycles. The van der Waals surface area contributed by atoms with E-state index in [4.69, 9.17) is 5.41 Å². The van der Waals surface area contributed by atoms with Gasteiger partial charge in [-0.15, -0.1) is 6.58 Å². The monoisotopic (exact) mass is 406 g/mol. The molecule has 0 bridgehead atoms. The summed E-state index contributed by atoms with van der Waals surface area (Å²) in [6, 6.07) is 12.8. The standard InChI is InChI=1S/C21H18N4O3S/c1-3-11-25-19(22)17(29(27,28)15-9-7-14(2)8-10-15)13-16-20(25)23-18-6-4-5-12-24(18)21(16)26/h3-10,12-13,22H,1,11H2,2H3. The molecule has 0 aliphatic rings. The summed E-state index contributed by atoms with van der Waals surface area (Å²) in [5.74, 6) is 0. The Hall–Kier alpha value is -3.52. The maximum atomic E-state index is 13.3. The second kappa shape index (κ2) is 6.82. The molecular formula is C21H18N4O3S. The van der Waals surface area contributed by atoms with Crippen LogP contribution in [0.3, 0.4) is 0 Å². The highest BCUT2D eigenvalue weighted by Crippen LogP contribution is 2.21. The van der Waals surface area contributed by atoms with Crippen molar-refractivity contribution in [2.75, 3.05) is 0 Å². The molecule has 1 N–H and O–H groups in total. The highest BCUT2D eigenvalue weighted by atomic mass is 32.2. The van der Waals surface area contributed by atoms with Gasteiger partial charge in [-0.1, -0.05) is 29.8 Å². The summed E-state index contributed by atoms with van der Waals surface area (Å²) in [5.41, 5.74) is 0.934. The van der Waals surface area contributed by atoms with Crippen LogP contribution in [0.5, 0.6) is 0 Å². The average Bonchev–Trinajstić information content (AvgIpc) is 2.70. The summed E-state index contributed by atoms with van der Waals surface area (Å²) in [5, 5.41) is 8.67. The zero-order valence-electron chi connectivity index (χ0n) is 15.7. The number of hydrogen-bond acceptors (Lipinski definition) is 5. The maximum Gasteiger partial charge on any atom is 0.267 e. The van der Waals surface area contributed by atoms with E-state index in [1.807, 2.05) is 6.92 Å². The summed E-state index contributed by atoms with van der Waals surface area (Å²) in [6.07, 6.45) is 3.11. The van der Waals surface area contributed by atoms with Crippen molar-refractivity contribution < 1.29 is 8.42 Å². The molecule has 0 fully saturated rings. The van der Waals surface area contributed by atoms with Gasteiger partial charge in [0.1, 0.15) is 21.7 Å². The topological polar surface area (TPSA) is 97.3 Å². The fourth-order valence-corrected chi connectivity index (χ4v) is 4.60. The zero-order chi connectivity index (χ0) is 20.8. The number of allylic oxidation sites excluding steroid dienone is 1. The van der Waals surface area contributed by atoms with Gasteiger partial charge < -0.3 is 4.57 Å². The minimum Gasteiger partial charge on any atom is -0.306 e. The normalized spacial score (nSPS) is 11.8. The molecule has 0 aliphatic heterocycles. The first-order valence-corrected chi connectivity index (χ1v) is 10.3. The summed E-state index contributed by atoms with van der Waals surface area (Å²) in [4.78, 5) is 17.4. The fourth-order valence-electron chi connectivity index (χ4n) is 3.22. The Kier molecular flexibility index (Phi) is 4.43. The van der Waals surface area contributed by atoms with E-state index in [1.54, 1.807) is 36.5 Å². The molecule has 3 aromatic heterocycles. The van der Waals surface area contributed by atoms with Crippen LogP contribution in [0, 0.1) is 12.3 Å². The summed E-state index contributed by atoms with van der Waals surface area (Å²) < 4.78 is 29.2. The lowest BCUT2D eigenvalue weighted by molar-refractivity contribution is 0.591. The van der Waals surface area contributed by atoms with Gasteiger partial charge in [0.2, 0.25) is 9.84 Å². The van der Waals surface area contributed by atoms with Gasteiger partial charge >= 0.3 is 0 Å². The Morgan fingerprint density at radius 1 is 1.17 bits per heavy atom. The van der Waals surface area contributed by atoms with E-state index in [0.29, 0.717) is 5.65 Å². The molecular weight excluding hydrogens is 388 g/mol. The van der Waals surface area contributed by atoms with Crippen LogP contribution in [0.25, 0.3) is 16.7 Å². The van der Waals surface area contributed by atoms with Gasteiger partial charge in [-0.05, 0) is 37.3 Å². The first-order chi connectivity index (χ1) is 13.8. The Labute approximate surface area is 166 Å². The predicted molar refractivity (Wildman–Crippen MR) is 110 cm³/mol. The van der Waals surface area contributed by atoms with Crippen LogP contribution in [0.2, 0.25) is 0 Å². The number of hydrogen-bond donors (Lipinski definition) is 1. The second-order valence-corrected chi connectivity index (χ2v) is 8.57. The van der Waals surface area contributed by atoms with Crippen LogP contribution in [0.1, 0.15) is 5.56 Å². The molecule has 8 heteroatoms. The Morgan fingerprint density at radius 3 is 2.59 bits per heavy atom. The summed E-state index contributed by atoms with van der Waals surface area (Å²) >= 11 is 0. The first kappa shape index (κ1) is 18.8. The van der Waals surface area contributed by atoms with Crippen LogP contribution < -0.4 is 11.0 Å². The van der Waals surface area contributed by atoms with Crippen molar-refractivity contribution in [3.05, 3.63) is 88.8 Å². The fraction of sp³-hybridized carbons (Fsp3) is 0.0952. The van der Waals surface area contributed by atoms with E-state index in [9.17, 15) is 13.2 Å². The van der Waals surface area contributed by atoms with E-state index >= 15 is 0 Å².